The van der Waals surface area contributed by atoms with Crippen LogP contribution in [0.2, 0.25) is 5.02 Å². The Labute approximate surface area is 129 Å². The number of rotatable bonds is 4. The Bertz CT molecular complexity index is 617. The second-order valence-corrected chi connectivity index (χ2v) is 5.75. The van der Waals surface area contributed by atoms with Crippen LogP contribution in [0.25, 0.3) is 0 Å². The van der Waals surface area contributed by atoms with Crippen LogP contribution < -0.4 is 15.2 Å². The molecule has 1 aliphatic rings. The Balaban J connectivity index is 1.62. The largest absolute Gasteiger partial charge is 0.488 e. The van der Waals surface area contributed by atoms with E-state index in [-0.39, 0.29) is 12.1 Å². The van der Waals surface area contributed by atoms with Crippen molar-refractivity contribution in [3.8, 4) is 11.5 Å². The maximum absolute atomic E-state index is 6.23. The second-order valence-electron chi connectivity index (χ2n) is 5.34. The molecular formula is C17H18ClNO2. The minimum atomic E-state index is -0.0378. The van der Waals surface area contributed by atoms with Crippen molar-refractivity contribution in [2.24, 2.45) is 5.73 Å². The van der Waals surface area contributed by atoms with Gasteiger partial charge in [0.15, 0.2) is 0 Å². The molecule has 110 valence electrons. The maximum atomic E-state index is 6.23. The van der Waals surface area contributed by atoms with Crippen LogP contribution in [-0.4, -0.2) is 12.7 Å². The molecule has 0 aromatic heterocycles. The fraction of sp³-hybridized carbons (Fsp3) is 0.294. The lowest BCUT2D eigenvalue weighted by atomic mass is 10.1. The van der Waals surface area contributed by atoms with Gasteiger partial charge in [-0.2, -0.15) is 0 Å². The molecule has 2 atom stereocenters. The van der Waals surface area contributed by atoms with Crippen molar-refractivity contribution in [2.75, 3.05) is 6.61 Å². The van der Waals surface area contributed by atoms with E-state index >= 15 is 0 Å². The third kappa shape index (κ3) is 3.14. The first-order valence-corrected chi connectivity index (χ1v) is 7.43. The van der Waals surface area contributed by atoms with E-state index in [4.69, 9.17) is 26.8 Å². The summed E-state index contributed by atoms with van der Waals surface area (Å²) in [4.78, 5) is 0. The number of halogens is 1. The molecule has 1 unspecified atom stereocenters. The summed E-state index contributed by atoms with van der Waals surface area (Å²) in [6, 6.07) is 13.7. The van der Waals surface area contributed by atoms with Gasteiger partial charge in [0.1, 0.15) is 24.2 Å². The highest BCUT2D eigenvalue weighted by atomic mass is 35.5. The van der Waals surface area contributed by atoms with Crippen molar-refractivity contribution in [2.45, 2.75) is 25.5 Å². The second kappa shape index (κ2) is 5.96. The zero-order valence-corrected chi connectivity index (χ0v) is 12.6. The number of hydrogen-bond acceptors (Lipinski definition) is 3. The summed E-state index contributed by atoms with van der Waals surface area (Å²) in [5, 5.41) is 0.584. The Morgan fingerprint density at radius 2 is 2.14 bits per heavy atom. The Morgan fingerprint density at radius 3 is 2.86 bits per heavy atom. The first-order chi connectivity index (χ1) is 10.1. The van der Waals surface area contributed by atoms with E-state index in [9.17, 15) is 0 Å². The summed E-state index contributed by atoms with van der Waals surface area (Å²) in [5.74, 6) is 1.62. The van der Waals surface area contributed by atoms with Crippen LogP contribution in [0.3, 0.4) is 0 Å². The number of hydrogen-bond donors (Lipinski definition) is 1. The van der Waals surface area contributed by atoms with E-state index in [1.165, 1.54) is 5.56 Å². The van der Waals surface area contributed by atoms with Gasteiger partial charge in [-0.05, 0) is 36.2 Å². The van der Waals surface area contributed by atoms with Crippen LogP contribution in [0.4, 0.5) is 0 Å². The molecule has 1 aliphatic heterocycles. The van der Waals surface area contributed by atoms with Crippen molar-refractivity contribution in [3.63, 3.8) is 0 Å². The van der Waals surface area contributed by atoms with E-state index in [0.717, 1.165) is 17.7 Å². The summed E-state index contributed by atoms with van der Waals surface area (Å²) in [7, 11) is 0. The van der Waals surface area contributed by atoms with Gasteiger partial charge in [-0.15, -0.1) is 0 Å². The normalized spacial score (nSPS) is 18.0. The molecule has 2 N–H and O–H groups in total. The standard InChI is InChI=1S/C17H18ClNO2/c1-11(19)12-6-7-17(15(18)9-12)20-10-14-8-13-4-2-3-5-16(13)21-14/h2-7,9,11,14H,8,10,19H2,1H3/t11-,14?/m1/s1. The van der Waals surface area contributed by atoms with E-state index in [2.05, 4.69) is 6.07 Å². The Kier molecular flexibility index (Phi) is 4.04. The number of ether oxygens (including phenoxy) is 2. The molecule has 21 heavy (non-hydrogen) atoms. The molecule has 0 saturated carbocycles. The molecule has 2 aromatic rings. The number of benzene rings is 2. The topological polar surface area (TPSA) is 44.5 Å². The molecule has 4 heteroatoms. The molecule has 0 saturated heterocycles. The van der Waals surface area contributed by atoms with Crippen LogP contribution >= 0.6 is 11.6 Å². The monoisotopic (exact) mass is 303 g/mol. The minimum absolute atomic E-state index is 0.0339. The molecule has 1 heterocycles. The molecule has 0 fully saturated rings. The summed E-state index contributed by atoms with van der Waals surface area (Å²) >= 11 is 6.23. The molecular weight excluding hydrogens is 286 g/mol. The van der Waals surface area contributed by atoms with E-state index in [1.54, 1.807) is 0 Å². The van der Waals surface area contributed by atoms with Gasteiger partial charge in [-0.25, -0.2) is 0 Å². The van der Waals surface area contributed by atoms with Crippen molar-refractivity contribution in [1.82, 2.24) is 0 Å². The third-order valence-electron chi connectivity index (χ3n) is 3.62. The third-order valence-corrected chi connectivity index (χ3v) is 3.92. The first kappa shape index (κ1) is 14.2. The average Bonchev–Trinajstić information content (AvgIpc) is 2.88. The van der Waals surface area contributed by atoms with Crippen molar-refractivity contribution >= 4 is 11.6 Å². The molecule has 0 bridgehead atoms. The summed E-state index contributed by atoms with van der Waals surface area (Å²) in [6.45, 7) is 2.40. The Hall–Kier alpha value is -1.71. The van der Waals surface area contributed by atoms with E-state index in [1.807, 2.05) is 43.3 Å². The fourth-order valence-electron chi connectivity index (χ4n) is 2.45. The van der Waals surface area contributed by atoms with Crippen molar-refractivity contribution in [1.29, 1.82) is 0 Å². The lowest BCUT2D eigenvalue weighted by Gasteiger charge is -2.14. The molecule has 0 amide bonds. The van der Waals surface area contributed by atoms with Gasteiger partial charge in [-0.3, -0.25) is 0 Å². The van der Waals surface area contributed by atoms with Gasteiger partial charge in [0.25, 0.3) is 0 Å². The van der Waals surface area contributed by atoms with Crippen LogP contribution in [0.5, 0.6) is 11.5 Å². The van der Waals surface area contributed by atoms with Gasteiger partial charge in [0.2, 0.25) is 0 Å². The molecule has 2 aromatic carbocycles. The highest BCUT2D eigenvalue weighted by molar-refractivity contribution is 6.32. The predicted molar refractivity (Wildman–Crippen MR) is 84.1 cm³/mol. The van der Waals surface area contributed by atoms with Gasteiger partial charge in [0.05, 0.1) is 5.02 Å². The minimum Gasteiger partial charge on any atom is -0.488 e. The summed E-state index contributed by atoms with van der Waals surface area (Å²) in [5.41, 5.74) is 8.06. The van der Waals surface area contributed by atoms with Gasteiger partial charge in [0, 0.05) is 12.5 Å². The number of fused-ring (bicyclic) bond motifs is 1. The van der Waals surface area contributed by atoms with E-state index < -0.39 is 0 Å². The highest BCUT2D eigenvalue weighted by Crippen LogP contribution is 2.30. The highest BCUT2D eigenvalue weighted by Gasteiger charge is 2.23. The molecule has 0 radical (unpaired) electrons. The quantitative estimate of drug-likeness (QED) is 0.935. The van der Waals surface area contributed by atoms with Crippen LogP contribution in [0.1, 0.15) is 24.1 Å². The zero-order valence-electron chi connectivity index (χ0n) is 11.9. The number of para-hydroxylation sites is 1. The first-order valence-electron chi connectivity index (χ1n) is 7.06. The van der Waals surface area contributed by atoms with Crippen molar-refractivity contribution < 1.29 is 9.47 Å². The number of nitrogens with two attached hydrogens (primary N) is 1. The zero-order chi connectivity index (χ0) is 14.8. The van der Waals surface area contributed by atoms with Gasteiger partial charge < -0.3 is 15.2 Å². The maximum Gasteiger partial charge on any atom is 0.138 e. The Morgan fingerprint density at radius 1 is 1.33 bits per heavy atom. The molecule has 3 nitrogen and oxygen atoms in total. The van der Waals surface area contributed by atoms with Gasteiger partial charge >= 0.3 is 0 Å². The molecule has 0 aliphatic carbocycles. The summed E-state index contributed by atoms with van der Waals surface area (Å²) < 4.78 is 11.6. The van der Waals surface area contributed by atoms with Crippen LogP contribution in [-0.2, 0) is 6.42 Å². The smallest absolute Gasteiger partial charge is 0.138 e. The van der Waals surface area contributed by atoms with Crippen LogP contribution in [0, 0.1) is 0 Å². The van der Waals surface area contributed by atoms with Gasteiger partial charge in [-0.1, -0.05) is 35.9 Å². The molecule has 0 spiro atoms. The fourth-order valence-corrected chi connectivity index (χ4v) is 2.69. The van der Waals surface area contributed by atoms with Crippen molar-refractivity contribution in [3.05, 3.63) is 58.6 Å². The SMILES string of the molecule is C[C@@H](N)c1ccc(OCC2Cc3ccccc3O2)c(Cl)c1. The lowest BCUT2D eigenvalue weighted by molar-refractivity contribution is 0.148. The average molecular weight is 304 g/mol. The predicted octanol–water partition coefficient (Wildman–Crippen LogP) is 3.74. The van der Waals surface area contributed by atoms with E-state index in [0.29, 0.717) is 17.4 Å². The summed E-state index contributed by atoms with van der Waals surface area (Å²) in [6.07, 6.45) is 0.901. The lowest BCUT2D eigenvalue weighted by Crippen LogP contribution is -2.22. The van der Waals surface area contributed by atoms with Crippen LogP contribution in [0.15, 0.2) is 42.5 Å². The molecule has 3 rings (SSSR count).